The Morgan fingerprint density at radius 1 is 1.31 bits per heavy atom. The lowest BCUT2D eigenvalue weighted by atomic mass is 10.3. The van der Waals surface area contributed by atoms with Crippen LogP contribution in [0.2, 0.25) is 0 Å². The van der Waals surface area contributed by atoms with Gasteiger partial charge in [0, 0.05) is 13.0 Å². The fourth-order valence-electron chi connectivity index (χ4n) is 1.10. The maximum Gasteiger partial charge on any atom is 0.303 e. The van der Waals surface area contributed by atoms with E-state index in [0.717, 1.165) is 0 Å². The molecule has 0 saturated heterocycles. The molecule has 0 bridgehead atoms. The summed E-state index contributed by atoms with van der Waals surface area (Å²) < 4.78 is 22.5. The lowest BCUT2D eigenvalue weighted by molar-refractivity contribution is -0.137. The minimum Gasteiger partial charge on any atom is -0.481 e. The molecule has 0 rings (SSSR count). The second-order valence-corrected chi connectivity index (χ2v) is 5.62. The minimum absolute atomic E-state index is 0.00442. The van der Waals surface area contributed by atoms with Crippen molar-refractivity contribution < 1.29 is 23.1 Å². The van der Waals surface area contributed by atoms with Crippen molar-refractivity contribution >= 4 is 21.7 Å². The molecule has 0 spiro atoms. The van der Waals surface area contributed by atoms with Crippen molar-refractivity contribution in [3.63, 3.8) is 0 Å². The highest BCUT2D eigenvalue weighted by atomic mass is 32.2. The van der Waals surface area contributed by atoms with Crippen LogP contribution in [0, 0.1) is 0 Å². The Bertz CT molecular complexity index is 336. The fourth-order valence-corrected chi connectivity index (χ4v) is 2.37. The van der Waals surface area contributed by atoms with Crippen LogP contribution >= 0.6 is 0 Å². The summed E-state index contributed by atoms with van der Waals surface area (Å²) in [6, 6.07) is 0. The zero-order chi connectivity index (χ0) is 12.6. The van der Waals surface area contributed by atoms with Crippen LogP contribution in [0.1, 0.15) is 26.2 Å². The zero-order valence-electron chi connectivity index (χ0n) is 9.23. The highest BCUT2D eigenvalue weighted by Gasteiger charge is 2.14. The Kier molecular flexibility index (Phi) is 6.71. The smallest absolute Gasteiger partial charge is 0.303 e. The zero-order valence-corrected chi connectivity index (χ0v) is 10.0. The molecular formula is C9H17NO5S. The standard InChI is InChI=1S/C9H17NO5S/c1-2-6-16(14,15)7-8(11)10-5-3-4-9(12)13/h2-7H2,1H3,(H,10,11)(H,12,13). The van der Waals surface area contributed by atoms with Crippen LogP contribution in [-0.4, -0.2) is 43.5 Å². The first-order valence-corrected chi connectivity index (χ1v) is 6.88. The van der Waals surface area contributed by atoms with Gasteiger partial charge >= 0.3 is 5.97 Å². The Labute approximate surface area is 95.0 Å². The third kappa shape index (κ3) is 8.22. The monoisotopic (exact) mass is 251 g/mol. The van der Waals surface area contributed by atoms with Crippen LogP contribution in [0.25, 0.3) is 0 Å². The molecule has 0 aliphatic heterocycles. The molecule has 0 unspecified atom stereocenters. The van der Waals surface area contributed by atoms with E-state index in [9.17, 15) is 18.0 Å². The van der Waals surface area contributed by atoms with E-state index >= 15 is 0 Å². The molecule has 6 nitrogen and oxygen atoms in total. The molecule has 0 atom stereocenters. The number of carbonyl (C=O) groups is 2. The van der Waals surface area contributed by atoms with E-state index < -0.39 is 27.5 Å². The number of amides is 1. The topological polar surface area (TPSA) is 101 Å². The lowest BCUT2D eigenvalue weighted by Crippen LogP contribution is -2.32. The molecule has 0 aromatic carbocycles. The Balaban J connectivity index is 3.79. The maximum absolute atomic E-state index is 11.2. The second-order valence-electron chi connectivity index (χ2n) is 3.44. The molecule has 0 aromatic rings. The SMILES string of the molecule is CCCS(=O)(=O)CC(=O)NCCCC(=O)O. The summed E-state index contributed by atoms with van der Waals surface area (Å²) in [6.45, 7) is 1.91. The summed E-state index contributed by atoms with van der Waals surface area (Å²) in [4.78, 5) is 21.3. The second kappa shape index (κ2) is 7.21. The van der Waals surface area contributed by atoms with Gasteiger partial charge in [-0.25, -0.2) is 8.42 Å². The van der Waals surface area contributed by atoms with E-state index in [-0.39, 0.29) is 18.7 Å². The number of carbonyl (C=O) groups excluding carboxylic acids is 1. The quantitative estimate of drug-likeness (QED) is 0.581. The molecule has 0 saturated carbocycles. The Morgan fingerprint density at radius 2 is 1.94 bits per heavy atom. The number of hydrogen-bond donors (Lipinski definition) is 2. The molecule has 0 fully saturated rings. The molecule has 0 aliphatic rings. The molecule has 16 heavy (non-hydrogen) atoms. The molecular weight excluding hydrogens is 234 g/mol. The summed E-state index contributed by atoms with van der Waals surface area (Å²) in [7, 11) is -3.31. The van der Waals surface area contributed by atoms with Gasteiger partial charge in [-0.1, -0.05) is 6.92 Å². The molecule has 0 heterocycles. The van der Waals surface area contributed by atoms with Gasteiger partial charge in [0.1, 0.15) is 5.75 Å². The number of nitrogens with one attached hydrogen (secondary N) is 1. The van der Waals surface area contributed by atoms with Crippen LogP contribution in [0.4, 0.5) is 0 Å². The van der Waals surface area contributed by atoms with Gasteiger partial charge in [0.15, 0.2) is 9.84 Å². The molecule has 94 valence electrons. The predicted molar refractivity (Wildman–Crippen MR) is 58.8 cm³/mol. The molecule has 0 aliphatic carbocycles. The van der Waals surface area contributed by atoms with Gasteiger partial charge in [-0.15, -0.1) is 0 Å². The van der Waals surface area contributed by atoms with Crippen LogP contribution in [0.15, 0.2) is 0 Å². The van der Waals surface area contributed by atoms with Crippen molar-refractivity contribution in [2.45, 2.75) is 26.2 Å². The van der Waals surface area contributed by atoms with Crippen molar-refractivity contribution in [3.05, 3.63) is 0 Å². The third-order valence-corrected chi connectivity index (χ3v) is 3.49. The van der Waals surface area contributed by atoms with Crippen molar-refractivity contribution in [2.24, 2.45) is 0 Å². The molecule has 0 aromatic heterocycles. The van der Waals surface area contributed by atoms with Gasteiger partial charge < -0.3 is 10.4 Å². The summed E-state index contributed by atoms with van der Waals surface area (Å²) >= 11 is 0. The first kappa shape index (κ1) is 14.9. The number of hydrogen-bond acceptors (Lipinski definition) is 4. The van der Waals surface area contributed by atoms with E-state index in [1.54, 1.807) is 6.92 Å². The number of aliphatic carboxylic acids is 1. The molecule has 2 N–H and O–H groups in total. The fraction of sp³-hybridized carbons (Fsp3) is 0.778. The van der Waals surface area contributed by atoms with Crippen LogP contribution < -0.4 is 5.32 Å². The maximum atomic E-state index is 11.2. The highest BCUT2D eigenvalue weighted by molar-refractivity contribution is 7.92. The third-order valence-electron chi connectivity index (χ3n) is 1.76. The van der Waals surface area contributed by atoms with Gasteiger partial charge in [-0.2, -0.15) is 0 Å². The largest absolute Gasteiger partial charge is 0.481 e. The summed E-state index contributed by atoms with van der Waals surface area (Å²) in [5.74, 6) is -2.03. The van der Waals surface area contributed by atoms with Gasteiger partial charge in [0.25, 0.3) is 0 Å². The first-order valence-electron chi connectivity index (χ1n) is 5.06. The number of carboxylic acids is 1. The van der Waals surface area contributed by atoms with Crippen LogP contribution in [0.3, 0.4) is 0 Å². The van der Waals surface area contributed by atoms with Crippen molar-refractivity contribution in [3.8, 4) is 0 Å². The summed E-state index contributed by atoms with van der Waals surface area (Å²) in [5, 5.41) is 10.7. The predicted octanol–water partition coefficient (Wildman–Crippen LogP) is -0.208. The molecule has 0 radical (unpaired) electrons. The van der Waals surface area contributed by atoms with Gasteiger partial charge in [0.2, 0.25) is 5.91 Å². The lowest BCUT2D eigenvalue weighted by Gasteiger charge is -2.04. The van der Waals surface area contributed by atoms with Gasteiger partial charge in [-0.3, -0.25) is 9.59 Å². The van der Waals surface area contributed by atoms with Gasteiger partial charge in [-0.05, 0) is 12.8 Å². The Hall–Kier alpha value is -1.11. The minimum atomic E-state index is -3.31. The van der Waals surface area contributed by atoms with E-state index in [2.05, 4.69) is 5.32 Å². The van der Waals surface area contributed by atoms with E-state index in [4.69, 9.17) is 5.11 Å². The van der Waals surface area contributed by atoms with E-state index in [1.165, 1.54) is 0 Å². The van der Waals surface area contributed by atoms with E-state index in [0.29, 0.717) is 12.8 Å². The molecule has 7 heteroatoms. The van der Waals surface area contributed by atoms with Gasteiger partial charge in [0.05, 0.1) is 5.75 Å². The van der Waals surface area contributed by atoms with Crippen molar-refractivity contribution in [2.75, 3.05) is 18.1 Å². The van der Waals surface area contributed by atoms with E-state index in [1.807, 2.05) is 0 Å². The number of carboxylic acid groups (broad SMARTS) is 1. The normalized spacial score (nSPS) is 11.1. The highest BCUT2D eigenvalue weighted by Crippen LogP contribution is 1.93. The van der Waals surface area contributed by atoms with Crippen LogP contribution in [-0.2, 0) is 19.4 Å². The first-order chi connectivity index (χ1) is 7.37. The summed E-state index contributed by atoms with van der Waals surface area (Å²) in [5.41, 5.74) is 0. The van der Waals surface area contributed by atoms with Crippen molar-refractivity contribution in [1.82, 2.24) is 5.32 Å². The number of rotatable bonds is 8. The summed E-state index contributed by atoms with van der Waals surface area (Å²) in [6.07, 6.45) is 0.742. The molecule has 1 amide bonds. The van der Waals surface area contributed by atoms with Crippen LogP contribution in [0.5, 0.6) is 0 Å². The average Bonchev–Trinajstić information content (AvgIpc) is 2.11. The van der Waals surface area contributed by atoms with Crippen molar-refractivity contribution in [1.29, 1.82) is 0 Å². The number of sulfone groups is 1. The average molecular weight is 251 g/mol. The Morgan fingerprint density at radius 3 is 2.44 bits per heavy atom.